The van der Waals surface area contributed by atoms with Crippen molar-refractivity contribution in [2.24, 2.45) is 7.05 Å². The van der Waals surface area contributed by atoms with Crippen molar-refractivity contribution in [3.05, 3.63) is 64.3 Å². The van der Waals surface area contributed by atoms with Gasteiger partial charge in [0.2, 0.25) is 0 Å². The highest BCUT2D eigenvalue weighted by molar-refractivity contribution is 7.92. The lowest BCUT2D eigenvalue weighted by atomic mass is 10.1. The molecule has 0 aliphatic rings. The Bertz CT molecular complexity index is 1380. The third-order valence-corrected chi connectivity index (χ3v) is 7.55. The van der Waals surface area contributed by atoms with Gasteiger partial charge in [0.25, 0.3) is 5.91 Å². The van der Waals surface area contributed by atoms with Gasteiger partial charge in [-0.05, 0) is 55.3 Å². The van der Waals surface area contributed by atoms with E-state index >= 15 is 0 Å². The van der Waals surface area contributed by atoms with Crippen molar-refractivity contribution in [2.75, 3.05) is 5.75 Å². The topological polar surface area (TPSA) is 123 Å². The van der Waals surface area contributed by atoms with E-state index in [1.807, 2.05) is 19.1 Å². The average Bonchev–Trinajstić information content (AvgIpc) is 3.09. The number of sulfone groups is 1. The minimum absolute atomic E-state index is 0.0443. The maximum atomic E-state index is 12.9. The van der Waals surface area contributed by atoms with Crippen LogP contribution in [0.5, 0.6) is 0 Å². The van der Waals surface area contributed by atoms with Gasteiger partial charge in [0.05, 0.1) is 27.9 Å². The fourth-order valence-corrected chi connectivity index (χ4v) is 5.28. The molecule has 0 fully saturated rings. The molecule has 2 N–H and O–H groups in total. The summed E-state index contributed by atoms with van der Waals surface area (Å²) < 4.78 is 26.7. The number of carboxylic acid groups (broad SMARTS) is 1. The molecule has 0 saturated carbocycles. The molecule has 8 nitrogen and oxygen atoms in total. The Labute approximate surface area is 202 Å². The van der Waals surface area contributed by atoms with E-state index in [0.717, 1.165) is 16.5 Å². The third kappa shape index (κ3) is 5.66. The molecule has 0 saturated heterocycles. The Morgan fingerprint density at radius 1 is 1.09 bits per heavy atom. The molecule has 0 radical (unpaired) electrons. The first-order chi connectivity index (χ1) is 15.9. The van der Waals surface area contributed by atoms with Gasteiger partial charge in [0.1, 0.15) is 17.2 Å². The van der Waals surface area contributed by atoms with Gasteiger partial charge in [-0.3, -0.25) is 14.4 Å². The number of aryl methyl sites for hydroxylation is 2. The van der Waals surface area contributed by atoms with Crippen LogP contribution >= 0.6 is 11.6 Å². The van der Waals surface area contributed by atoms with Crippen LogP contribution in [-0.4, -0.2) is 41.5 Å². The van der Waals surface area contributed by atoms with Crippen molar-refractivity contribution < 1.29 is 27.9 Å². The summed E-state index contributed by atoms with van der Waals surface area (Å²) in [6.45, 7) is 3.70. The standard InChI is InChI=1S/C24H25ClN2O6S/c1-14-10-20(25)19-12-22(27(3)21(19)11-14)24(31)26-15(2)16-4-7-18(8-5-16)34(32,33)13-17(28)6-9-23(29)30/h4-5,7-8,10-12,15H,6,9,13H2,1-3H3,(H,26,31)(H,29,30)/t15-/m1/s1. The SMILES string of the molecule is Cc1cc(Cl)c2cc(C(=O)N[C@H](C)c3ccc(S(=O)(=O)CC(=O)CCC(=O)O)cc3)n(C)c2c1. The van der Waals surface area contributed by atoms with E-state index in [9.17, 15) is 22.8 Å². The van der Waals surface area contributed by atoms with Crippen molar-refractivity contribution in [3.63, 3.8) is 0 Å². The van der Waals surface area contributed by atoms with Crippen molar-refractivity contribution in [1.82, 2.24) is 9.88 Å². The first-order valence-corrected chi connectivity index (χ1v) is 12.5. The van der Waals surface area contributed by atoms with E-state index in [1.54, 1.807) is 36.7 Å². The van der Waals surface area contributed by atoms with Gasteiger partial charge >= 0.3 is 5.97 Å². The maximum absolute atomic E-state index is 12.9. The summed E-state index contributed by atoms with van der Waals surface area (Å²) in [7, 11) is -2.10. The Morgan fingerprint density at radius 2 is 1.74 bits per heavy atom. The predicted octanol–water partition coefficient (Wildman–Crippen LogP) is 3.84. The molecule has 3 aromatic rings. The van der Waals surface area contributed by atoms with Gasteiger partial charge in [-0.2, -0.15) is 0 Å². The second kappa shape index (κ2) is 9.99. The number of carbonyl (C=O) groups is 3. The third-order valence-electron chi connectivity index (χ3n) is 5.54. The lowest BCUT2D eigenvalue weighted by Gasteiger charge is -2.15. The zero-order chi connectivity index (χ0) is 25.2. The summed E-state index contributed by atoms with van der Waals surface area (Å²) in [5.41, 5.74) is 2.94. The summed E-state index contributed by atoms with van der Waals surface area (Å²) in [6.07, 6.45) is -0.748. The highest BCUT2D eigenvalue weighted by Crippen LogP contribution is 2.28. The Balaban J connectivity index is 1.72. The van der Waals surface area contributed by atoms with E-state index in [0.29, 0.717) is 16.3 Å². The van der Waals surface area contributed by atoms with Crippen LogP contribution in [0.1, 0.15) is 47.4 Å². The molecule has 1 amide bonds. The van der Waals surface area contributed by atoms with Gasteiger partial charge in [0.15, 0.2) is 9.84 Å². The largest absolute Gasteiger partial charge is 0.481 e. The predicted molar refractivity (Wildman–Crippen MR) is 129 cm³/mol. The quantitative estimate of drug-likeness (QED) is 0.456. The zero-order valence-electron chi connectivity index (χ0n) is 19.0. The minimum Gasteiger partial charge on any atom is -0.481 e. The number of carbonyl (C=O) groups excluding carboxylic acids is 2. The number of halogens is 1. The Hall–Kier alpha value is -3.17. The summed E-state index contributed by atoms with van der Waals surface area (Å²) in [5, 5.41) is 12.9. The van der Waals surface area contributed by atoms with Crippen LogP contribution in [-0.2, 0) is 26.5 Å². The number of nitrogens with one attached hydrogen (secondary N) is 1. The fraction of sp³-hybridized carbons (Fsp3) is 0.292. The molecule has 0 aliphatic heterocycles. The monoisotopic (exact) mass is 504 g/mol. The van der Waals surface area contributed by atoms with Crippen molar-refractivity contribution in [3.8, 4) is 0 Å². The molecule has 2 aromatic carbocycles. The van der Waals surface area contributed by atoms with Gasteiger partial charge in [0, 0.05) is 18.9 Å². The van der Waals surface area contributed by atoms with Crippen molar-refractivity contribution in [1.29, 1.82) is 0 Å². The Kier molecular flexibility index (Phi) is 7.48. The van der Waals surface area contributed by atoms with Gasteiger partial charge in [-0.1, -0.05) is 23.7 Å². The van der Waals surface area contributed by atoms with E-state index in [1.165, 1.54) is 12.1 Å². The van der Waals surface area contributed by atoms with Crippen molar-refractivity contribution in [2.45, 2.75) is 37.6 Å². The number of hydrogen-bond donors (Lipinski definition) is 2. The van der Waals surface area contributed by atoms with E-state index < -0.39 is 39.8 Å². The first kappa shape index (κ1) is 25.5. The van der Waals surface area contributed by atoms with Gasteiger partial charge < -0.3 is 15.0 Å². The summed E-state index contributed by atoms with van der Waals surface area (Å²) in [5.74, 6) is -2.87. The van der Waals surface area contributed by atoms with Crippen LogP contribution < -0.4 is 5.32 Å². The van der Waals surface area contributed by atoms with Crippen LogP contribution in [0.15, 0.2) is 47.4 Å². The first-order valence-electron chi connectivity index (χ1n) is 10.5. The summed E-state index contributed by atoms with van der Waals surface area (Å²) in [6, 6.07) is 11.0. The Morgan fingerprint density at radius 3 is 2.35 bits per heavy atom. The molecule has 0 spiro atoms. The lowest BCUT2D eigenvalue weighted by molar-refractivity contribution is -0.138. The van der Waals surface area contributed by atoms with Crippen molar-refractivity contribution >= 4 is 50.0 Å². The van der Waals surface area contributed by atoms with Crippen LogP contribution in [0.3, 0.4) is 0 Å². The fourth-order valence-electron chi connectivity index (χ4n) is 3.67. The molecule has 10 heteroatoms. The molecule has 0 bridgehead atoms. The highest BCUT2D eigenvalue weighted by Gasteiger charge is 2.21. The summed E-state index contributed by atoms with van der Waals surface area (Å²) in [4.78, 5) is 35.2. The molecule has 0 aliphatic carbocycles. The van der Waals surface area contributed by atoms with Crippen LogP contribution in [0.2, 0.25) is 5.02 Å². The number of ketones is 1. The smallest absolute Gasteiger partial charge is 0.303 e. The lowest BCUT2D eigenvalue weighted by Crippen LogP contribution is -2.28. The normalized spacial score (nSPS) is 12.5. The molecule has 180 valence electrons. The number of amides is 1. The number of aromatic nitrogens is 1. The molecule has 1 heterocycles. The molecule has 1 atom stereocenters. The highest BCUT2D eigenvalue weighted by atomic mass is 35.5. The summed E-state index contributed by atoms with van der Waals surface area (Å²) >= 11 is 6.33. The number of rotatable bonds is 9. The van der Waals surface area contributed by atoms with Crippen LogP contribution in [0.25, 0.3) is 10.9 Å². The number of Topliss-reactive ketones (excluding diaryl/α,β-unsaturated/α-hetero) is 1. The van der Waals surface area contributed by atoms with E-state index in [2.05, 4.69) is 5.32 Å². The van der Waals surface area contributed by atoms with Gasteiger partial charge in [-0.25, -0.2) is 8.42 Å². The zero-order valence-corrected chi connectivity index (χ0v) is 20.5. The number of nitrogens with zero attached hydrogens (tertiary/aromatic N) is 1. The van der Waals surface area contributed by atoms with E-state index in [-0.39, 0.29) is 17.2 Å². The number of aliphatic carboxylic acids is 1. The molecular weight excluding hydrogens is 480 g/mol. The second-order valence-electron chi connectivity index (χ2n) is 8.22. The molecule has 3 rings (SSSR count). The van der Waals surface area contributed by atoms with Crippen LogP contribution in [0, 0.1) is 6.92 Å². The molecule has 1 aromatic heterocycles. The maximum Gasteiger partial charge on any atom is 0.303 e. The molecule has 0 unspecified atom stereocenters. The average molecular weight is 505 g/mol. The van der Waals surface area contributed by atoms with Crippen LogP contribution in [0.4, 0.5) is 0 Å². The minimum atomic E-state index is -3.89. The van der Waals surface area contributed by atoms with Gasteiger partial charge in [-0.15, -0.1) is 0 Å². The molecular formula is C24H25ClN2O6S. The number of benzene rings is 2. The number of hydrogen-bond acceptors (Lipinski definition) is 5. The second-order valence-corrected chi connectivity index (χ2v) is 10.6. The van der Waals surface area contributed by atoms with E-state index in [4.69, 9.17) is 16.7 Å². The number of carboxylic acids is 1. The number of fused-ring (bicyclic) bond motifs is 1. The molecule has 34 heavy (non-hydrogen) atoms.